The molecule has 7 aromatic rings. The molecule has 52 heavy (non-hydrogen) atoms. The molecule has 2 N–H and O–H groups in total. The van der Waals surface area contributed by atoms with Crippen molar-refractivity contribution in [1.29, 1.82) is 0 Å². The number of likely N-dealkylation sites (N-methyl/N-ethyl adjacent to an activating group) is 1. The lowest BCUT2D eigenvalue weighted by Crippen LogP contribution is -2.47. The number of amides is 1. The van der Waals surface area contributed by atoms with E-state index in [1.54, 1.807) is 42.7 Å². The fraction of sp³-hybridized carbons (Fsp3) is 0.314. The largest absolute Gasteiger partial charge is 0.375 e. The summed E-state index contributed by atoms with van der Waals surface area (Å²) in [6.45, 7) is 5.21. The van der Waals surface area contributed by atoms with Gasteiger partial charge >= 0.3 is 0 Å². The van der Waals surface area contributed by atoms with E-state index in [1.165, 1.54) is 29.2 Å². The number of hydrogen-bond acceptors (Lipinski definition) is 11. The van der Waals surface area contributed by atoms with Crippen molar-refractivity contribution in [3.05, 3.63) is 72.7 Å². The normalized spacial score (nSPS) is 19.4. The van der Waals surface area contributed by atoms with Crippen LogP contribution in [0, 0.1) is 18.6 Å². The Morgan fingerprint density at radius 3 is 2.79 bits per heavy atom. The number of benzene rings is 2. The van der Waals surface area contributed by atoms with Crippen LogP contribution in [0.3, 0.4) is 0 Å². The van der Waals surface area contributed by atoms with Crippen LogP contribution < -0.4 is 10.2 Å². The topological polar surface area (TPSA) is 161 Å². The molecule has 3 atom stereocenters. The highest BCUT2D eigenvalue weighted by Gasteiger charge is 2.41. The average molecular weight is 706 g/mol. The van der Waals surface area contributed by atoms with Crippen LogP contribution in [-0.4, -0.2) is 105 Å². The van der Waals surface area contributed by atoms with Crippen molar-refractivity contribution in [3.8, 4) is 16.9 Å². The molecular formula is C35H33F2N13O2. The molecule has 0 spiro atoms. The molecule has 5 aromatic heterocycles. The number of rotatable bonds is 4. The lowest BCUT2D eigenvalue weighted by atomic mass is 10.1. The molecule has 2 aromatic carbocycles. The highest BCUT2D eigenvalue weighted by atomic mass is 19.1. The summed E-state index contributed by atoms with van der Waals surface area (Å²) < 4.78 is 40.0. The first-order valence-corrected chi connectivity index (χ1v) is 17.0. The lowest BCUT2D eigenvalue weighted by Gasteiger charge is -2.31. The molecule has 0 unspecified atom stereocenters. The predicted molar refractivity (Wildman–Crippen MR) is 188 cm³/mol. The van der Waals surface area contributed by atoms with Gasteiger partial charge in [0.15, 0.2) is 11.5 Å². The number of aryl methyl sites for hydroxylation is 1. The van der Waals surface area contributed by atoms with Crippen LogP contribution in [-0.2, 0) is 16.1 Å². The van der Waals surface area contributed by atoms with Crippen molar-refractivity contribution in [1.82, 2.24) is 54.4 Å². The molecule has 17 heteroatoms. The van der Waals surface area contributed by atoms with Crippen LogP contribution in [0.15, 0.2) is 55.2 Å². The zero-order valence-electron chi connectivity index (χ0n) is 28.5. The van der Waals surface area contributed by atoms with Crippen LogP contribution >= 0.6 is 0 Å². The maximum Gasteiger partial charge on any atom is 0.245 e. The second kappa shape index (κ2) is 12.3. The first-order valence-electron chi connectivity index (χ1n) is 17.0. The zero-order chi connectivity index (χ0) is 35.7. The number of anilines is 2. The van der Waals surface area contributed by atoms with Gasteiger partial charge in [-0.15, -0.1) is 0 Å². The van der Waals surface area contributed by atoms with Gasteiger partial charge in [-0.3, -0.25) is 9.89 Å². The number of nitrogens with zero attached hydrogens (tertiary/aromatic N) is 11. The molecule has 1 saturated heterocycles. The molecule has 2 aliphatic heterocycles. The summed E-state index contributed by atoms with van der Waals surface area (Å²) in [6, 6.07) is 6.71. The van der Waals surface area contributed by atoms with Gasteiger partial charge in [-0.25, -0.2) is 38.4 Å². The Bertz CT molecular complexity index is 2510. The zero-order valence-corrected chi connectivity index (χ0v) is 28.5. The number of aromatic nitrogens is 10. The van der Waals surface area contributed by atoms with Gasteiger partial charge in [0.05, 0.1) is 52.7 Å². The van der Waals surface area contributed by atoms with Gasteiger partial charge in [-0.05, 0) is 38.5 Å². The minimum atomic E-state index is -0.647. The smallest absolute Gasteiger partial charge is 0.245 e. The van der Waals surface area contributed by atoms with E-state index in [2.05, 4.69) is 40.5 Å². The minimum absolute atomic E-state index is 0.135. The fourth-order valence-electron chi connectivity index (χ4n) is 7.54. The quantitative estimate of drug-likeness (QED) is 0.272. The molecule has 2 aliphatic rings. The number of aromatic amines is 1. The molecule has 4 bridgehead atoms. The number of imidazole rings is 1. The Labute approximate surface area is 294 Å². The molecule has 15 nitrogen and oxygen atoms in total. The minimum Gasteiger partial charge on any atom is -0.375 e. The van der Waals surface area contributed by atoms with E-state index in [1.807, 2.05) is 23.3 Å². The maximum absolute atomic E-state index is 15.4. The third-order valence-corrected chi connectivity index (χ3v) is 9.84. The standard InChI is InChI=1S/C35H33F2N13O2/c1-4-52-22-15-47(3)34(51)30-10-21(44-35-38-6-5-26(45-35)23-8-20(36)9-28-31(23)48(16-22)18(2)43-28)14-49(30)32-24-13-42-50(33(24)40-17-39-32)29-7-19-12-41-46-27(19)11-25(29)37/h5-9,11-13,17,21-22,30H,4,10,14-16H2,1-3H3,(H,41,46)(H,38,44,45)/t21-,22-,30-/m0/s1. The molecular weight excluding hydrogens is 672 g/mol. The number of nitrogens with one attached hydrogen (secondary N) is 2. The highest BCUT2D eigenvalue weighted by Crippen LogP contribution is 2.35. The molecule has 7 heterocycles. The van der Waals surface area contributed by atoms with E-state index < -0.39 is 23.8 Å². The first-order chi connectivity index (χ1) is 25.2. The van der Waals surface area contributed by atoms with E-state index in [0.29, 0.717) is 82.4 Å². The highest BCUT2D eigenvalue weighted by molar-refractivity contribution is 5.94. The summed E-state index contributed by atoms with van der Waals surface area (Å²) in [7, 11) is 1.76. The Hall–Kier alpha value is -6.10. The van der Waals surface area contributed by atoms with Crippen molar-refractivity contribution in [2.24, 2.45) is 0 Å². The van der Waals surface area contributed by atoms with Crippen molar-refractivity contribution in [2.75, 3.05) is 37.0 Å². The number of carbonyl (C=O) groups excluding carboxylic acids is 1. The molecule has 0 radical (unpaired) electrons. The second-order valence-electron chi connectivity index (χ2n) is 13.1. The van der Waals surface area contributed by atoms with Crippen LogP contribution in [0.2, 0.25) is 0 Å². The number of H-pyrrole nitrogens is 1. The molecule has 9 rings (SSSR count). The maximum atomic E-state index is 15.4. The predicted octanol–water partition coefficient (Wildman–Crippen LogP) is 4.02. The molecule has 0 saturated carbocycles. The Kier molecular flexibility index (Phi) is 7.53. The lowest BCUT2D eigenvalue weighted by molar-refractivity contribution is -0.133. The SMILES string of the molecule is CCO[C@H]1CN(C)C(=O)[C@@H]2C[C@@H](CN2c2ncnc3c2cnn3-c2cc3cn[nH]c3cc2F)Nc2nccc(n2)-c2cc(F)cc3nc(C)n(c23)C1. The number of fused-ring (bicyclic) bond motifs is 7. The summed E-state index contributed by atoms with van der Waals surface area (Å²) in [5.74, 6) is 0.429. The summed E-state index contributed by atoms with van der Waals surface area (Å²) in [5, 5.41) is 16.0. The molecule has 264 valence electrons. The number of carbonyl (C=O) groups is 1. The van der Waals surface area contributed by atoms with Crippen molar-refractivity contribution < 1.29 is 18.3 Å². The Morgan fingerprint density at radius 2 is 1.92 bits per heavy atom. The van der Waals surface area contributed by atoms with Gasteiger partial charge in [0, 0.05) is 62.1 Å². The van der Waals surface area contributed by atoms with E-state index >= 15 is 8.78 Å². The van der Waals surface area contributed by atoms with Gasteiger partial charge in [0.2, 0.25) is 11.9 Å². The summed E-state index contributed by atoms with van der Waals surface area (Å²) in [6.07, 6.45) is 6.21. The summed E-state index contributed by atoms with van der Waals surface area (Å²) in [4.78, 5) is 41.2. The fourth-order valence-corrected chi connectivity index (χ4v) is 7.54. The van der Waals surface area contributed by atoms with Crippen LogP contribution in [0.4, 0.5) is 20.5 Å². The van der Waals surface area contributed by atoms with Gasteiger partial charge in [-0.2, -0.15) is 10.2 Å². The van der Waals surface area contributed by atoms with Gasteiger partial charge < -0.3 is 24.4 Å². The van der Waals surface area contributed by atoms with Gasteiger partial charge in [-0.1, -0.05) is 0 Å². The number of hydrogen-bond donors (Lipinski definition) is 2. The monoisotopic (exact) mass is 705 g/mol. The molecule has 1 fully saturated rings. The van der Waals surface area contributed by atoms with Crippen molar-refractivity contribution in [3.63, 3.8) is 0 Å². The molecule has 0 aliphatic carbocycles. The van der Waals surface area contributed by atoms with E-state index in [0.717, 1.165) is 5.52 Å². The van der Waals surface area contributed by atoms with Gasteiger partial charge in [0.1, 0.15) is 35.5 Å². The third-order valence-electron chi connectivity index (χ3n) is 9.84. The number of ether oxygens (including phenoxy) is 1. The third kappa shape index (κ3) is 5.26. The van der Waals surface area contributed by atoms with Crippen LogP contribution in [0.1, 0.15) is 19.2 Å². The van der Waals surface area contributed by atoms with Crippen LogP contribution in [0.5, 0.6) is 0 Å². The van der Waals surface area contributed by atoms with Crippen LogP contribution in [0.25, 0.3) is 49.9 Å². The Balaban J connectivity index is 1.14. The Morgan fingerprint density at radius 1 is 1.04 bits per heavy atom. The summed E-state index contributed by atoms with van der Waals surface area (Å²) in [5.41, 5.74) is 3.47. The van der Waals surface area contributed by atoms with Crippen molar-refractivity contribution in [2.45, 2.75) is 45.0 Å². The van der Waals surface area contributed by atoms with E-state index in [4.69, 9.17) is 9.72 Å². The van der Waals surface area contributed by atoms with E-state index in [9.17, 15) is 4.79 Å². The summed E-state index contributed by atoms with van der Waals surface area (Å²) >= 11 is 0. The second-order valence-corrected chi connectivity index (χ2v) is 13.1. The molecule has 1 amide bonds. The van der Waals surface area contributed by atoms with E-state index in [-0.39, 0.29) is 24.2 Å². The average Bonchev–Trinajstić information content (AvgIpc) is 3.92. The van der Waals surface area contributed by atoms with Crippen molar-refractivity contribution >= 4 is 50.6 Å². The first kappa shape index (κ1) is 31.9. The van der Waals surface area contributed by atoms with Gasteiger partial charge in [0.25, 0.3) is 0 Å². The number of halogens is 2.